The average Bonchev–Trinajstić information content (AvgIpc) is 3.08. The summed E-state index contributed by atoms with van der Waals surface area (Å²) < 4.78 is 27.5. The first kappa shape index (κ1) is 21.1. The topological polar surface area (TPSA) is 75.2 Å². The molecule has 1 saturated heterocycles. The number of nitrogens with one attached hydrogen (secondary N) is 1. The SMILES string of the molecule is O=S(=O)(/C=C/c1ccccc1)Nc1cccc(-c2ccc(N3CCCCCC3)nn2)c1. The lowest BCUT2D eigenvalue weighted by atomic mass is 10.1. The fourth-order valence-corrected chi connectivity index (χ4v) is 4.48. The highest BCUT2D eigenvalue weighted by Crippen LogP contribution is 2.23. The van der Waals surface area contributed by atoms with Gasteiger partial charge in [0.1, 0.15) is 0 Å². The molecule has 4 rings (SSSR count). The van der Waals surface area contributed by atoms with Gasteiger partial charge in [0.25, 0.3) is 10.0 Å². The molecule has 1 aliphatic heterocycles. The van der Waals surface area contributed by atoms with E-state index in [1.807, 2.05) is 48.5 Å². The van der Waals surface area contributed by atoms with E-state index in [4.69, 9.17) is 0 Å². The lowest BCUT2D eigenvalue weighted by Gasteiger charge is -2.20. The van der Waals surface area contributed by atoms with Gasteiger partial charge in [-0.3, -0.25) is 4.72 Å². The molecule has 160 valence electrons. The Bertz CT molecular complexity index is 1120. The van der Waals surface area contributed by atoms with Crippen molar-refractivity contribution in [1.82, 2.24) is 10.2 Å². The van der Waals surface area contributed by atoms with Crippen molar-refractivity contribution in [3.8, 4) is 11.3 Å². The molecule has 0 aliphatic carbocycles. The average molecular weight is 435 g/mol. The Morgan fingerprint density at radius 2 is 1.61 bits per heavy atom. The second-order valence-electron chi connectivity index (χ2n) is 7.62. The molecular formula is C24H26N4O2S. The summed E-state index contributed by atoms with van der Waals surface area (Å²) in [6, 6.07) is 20.4. The Balaban J connectivity index is 1.47. The molecule has 3 aromatic rings. The van der Waals surface area contributed by atoms with Gasteiger partial charge in [-0.15, -0.1) is 10.2 Å². The maximum absolute atomic E-state index is 12.4. The van der Waals surface area contributed by atoms with Crippen molar-refractivity contribution < 1.29 is 8.42 Å². The van der Waals surface area contributed by atoms with Gasteiger partial charge in [-0.05, 0) is 48.7 Å². The van der Waals surface area contributed by atoms with E-state index in [0.717, 1.165) is 30.0 Å². The van der Waals surface area contributed by atoms with Crippen LogP contribution in [0.1, 0.15) is 31.2 Å². The number of hydrogen-bond donors (Lipinski definition) is 1. The minimum absolute atomic E-state index is 0.480. The fourth-order valence-electron chi connectivity index (χ4n) is 3.62. The van der Waals surface area contributed by atoms with Crippen LogP contribution in [0.15, 0.2) is 72.1 Å². The Morgan fingerprint density at radius 3 is 2.32 bits per heavy atom. The van der Waals surface area contributed by atoms with Crippen molar-refractivity contribution in [2.24, 2.45) is 0 Å². The maximum Gasteiger partial charge on any atom is 0.255 e. The van der Waals surface area contributed by atoms with Gasteiger partial charge in [-0.1, -0.05) is 55.3 Å². The quantitative estimate of drug-likeness (QED) is 0.595. The molecule has 0 radical (unpaired) electrons. The van der Waals surface area contributed by atoms with Crippen LogP contribution in [0, 0.1) is 0 Å². The molecule has 2 aromatic carbocycles. The van der Waals surface area contributed by atoms with E-state index in [-0.39, 0.29) is 0 Å². The molecule has 1 N–H and O–H groups in total. The molecule has 31 heavy (non-hydrogen) atoms. The van der Waals surface area contributed by atoms with E-state index in [1.165, 1.54) is 31.1 Å². The summed E-state index contributed by atoms with van der Waals surface area (Å²) in [7, 11) is -3.63. The monoisotopic (exact) mass is 434 g/mol. The van der Waals surface area contributed by atoms with Crippen LogP contribution >= 0.6 is 0 Å². The fraction of sp³-hybridized carbons (Fsp3) is 0.250. The summed E-state index contributed by atoms with van der Waals surface area (Å²) in [5, 5.41) is 9.97. The summed E-state index contributed by atoms with van der Waals surface area (Å²) in [6.07, 6.45) is 6.48. The molecular weight excluding hydrogens is 408 g/mol. The third-order valence-corrected chi connectivity index (χ3v) is 6.25. The van der Waals surface area contributed by atoms with Crippen LogP contribution in [-0.4, -0.2) is 31.7 Å². The van der Waals surface area contributed by atoms with Crippen molar-refractivity contribution in [3.63, 3.8) is 0 Å². The Morgan fingerprint density at radius 1 is 0.839 bits per heavy atom. The molecule has 0 bridgehead atoms. The van der Waals surface area contributed by atoms with Crippen LogP contribution in [0.3, 0.4) is 0 Å². The zero-order chi connectivity index (χ0) is 21.5. The molecule has 0 spiro atoms. The molecule has 1 fully saturated rings. The third-order valence-electron chi connectivity index (χ3n) is 5.24. The molecule has 0 unspecified atom stereocenters. The lowest BCUT2D eigenvalue weighted by molar-refractivity contribution is 0.609. The number of benzene rings is 2. The van der Waals surface area contributed by atoms with Crippen LogP contribution in [0.25, 0.3) is 17.3 Å². The highest BCUT2D eigenvalue weighted by Gasteiger charge is 2.12. The minimum atomic E-state index is -3.63. The smallest absolute Gasteiger partial charge is 0.255 e. The molecule has 2 heterocycles. The standard InChI is InChI=1S/C24H26N4O2S/c29-31(30,18-15-20-9-4-3-5-10-20)27-22-12-8-11-21(19-22)23-13-14-24(26-25-23)28-16-6-1-2-7-17-28/h3-5,8-15,18-19,27H,1-2,6-7,16-17H2/b18-15+. The summed E-state index contributed by atoms with van der Waals surface area (Å²) in [6.45, 7) is 2.03. The number of rotatable bonds is 6. The molecule has 0 saturated carbocycles. The molecule has 7 heteroatoms. The third kappa shape index (κ3) is 5.92. The predicted octanol–water partition coefficient (Wildman–Crippen LogP) is 4.94. The summed E-state index contributed by atoms with van der Waals surface area (Å²) in [4.78, 5) is 2.29. The highest BCUT2D eigenvalue weighted by atomic mass is 32.2. The molecule has 0 atom stereocenters. The van der Waals surface area contributed by atoms with Crippen LogP contribution in [0.2, 0.25) is 0 Å². The normalized spacial score (nSPS) is 15.0. The minimum Gasteiger partial charge on any atom is -0.355 e. The second kappa shape index (κ2) is 9.75. The van der Waals surface area contributed by atoms with Gasteiger partial charge in [0, 0.05) is 24.3 Å². The number of hydrogen-bond acceptors (Lipinski definition) is 5. The van der Waals surface area contributed by atoms with E-state index >= 15 is 0 Å². The molecule has 6 nitrogen and oxygen atoms in total. The molecule has 1 aromatic heterocycles. The van der Waals surface area contributed by atoms with Gasteiger partial charge in [0.15, 0.2) is 5.82 Å². The first-order valence-electron chi connectivity index (χ1n) is 10.5. The van der Waals surface area contributed by atoms with Gasteiger partial charge in [-0.2, -0.15) is 0 Å². The second-order valence-corrected chi connectivity index (χ2v) is 9.19. The zero-order valence-electron chi connectivity index (χ0n) is 17.3. The number of aromatic nitrogens is 2. The van der Waals surface area contributed by atoms with E-state index in [9.17, 15) is 8.42 Å². The number of nitrogens with zero attached hydrogens (tertiary/aromatic N) is 3. The first-order valence-corrected chi connectivity index (χ1v) is 12.1. The summed E-state index contributed by atoms with van der Waals surface area (Å²) >= 11 is 0. The number of anilines is 2. The van der Waals surface area contributed by atoms with Crippen LogP contribution in [-0.2, 0) is 10.0 Å². The van der Waals surface area contributed by atoms with Gasteiger partial charge >= 0.3 is 0 Å². The molecule has 1 aliphatic rings. The van der Waals surface area contributed by atoms with Crippen LogP contribution in [0.5, 0.6) is 0 Å². The Hall–Kier alpha value is -3.19. The van der Waals surface area contributed by atoms with E-state index in [1.54, 1.807) is 24.3 Å². The Kier molecular flexibility index (Phi) is 6.62. The van der Waals surface area contributed by atoms with Crippen molar-refractivity contribution >= 4 is 27.6 Å². The van der Waals surface area contributed by atoms with Crippen molar-refractivity contribution in [2.45, 2.75) is 25.7 Å². The van der Waals surface area contributed by atoms with Crippen molar-refractivity contribution in [2.75, 3.05) is 22.7 Å². The predicted molar refractivity (Wildman–Crippen MR) is 126 cm³/mol. The zero-order valence-corrected chi connectivity index (χ0v) is 18.1. The summed E-state index contributed by atoms with van der Waals surface area (Å²) in [5.41, 5.74) is 2.82. The van der Waals surface area contributed by atoms with Crippen molar-refractivity contribution in [3.05, 3.63) is 77.7 Å². The lowest BCUT2D eigenvalue weighted by Crippen LogP contribution is -2.25. The van der Waals surface area contributed by atoms with Gasteiger partial charge in [0.05, 0.1) is 11.1 Å². The maximum atomic E-state index is 12.4. The van der Waals surface area contributed by atoms with E-state index < -0.39 is 10.0 Å². The highest BCUT2D eigenvalue weighted by molar-refractivity contribution is 7.95. The van der Waals surface area contributed by atoms with Crippen LogP contribution < -0.4 is 9.62 Å². The van der Waals surface area contributed by atoms with E-state index in [2.05, 4.69) is 19.8 Å². The largest absolute Gasteiger partial charge is 0.355 e. The molecule has 0 amide bonds. The van der Waals surface area contributed by atoms with Crippen molar-refractivity contribution in [1.29, 1.82) is 0 Å². The van der Waals surface area contributed by atoms with Crippen LogP contribution in [0.4, 0.5) is 11.5 Å². The Labute approximate surface area is 183 Å². The number of sulfonamides is 1. The van der Waals surface area contributed by atoms with Gasteiger partial charge in [-0.25, -0.2) is 8.42 Å². The van der Waals surface area contributed by atoms with E-state index in [0.29, 0.717) is 11.4 Å². The summed E-state index contributed by atoms with van der Waals surface area (Å²) in [5.74, 6) is 0.897. The first-order chi connectivity index (χ1) is 15.1. The van der Waals surface area contributed by atoms with Gasteiger partial charge in [0.2, 0.25) is 0 Å². The van der Waals surface area contributed by atoms with Gasteiger partial charge < -0.3 is 4.90 Å².